The largest absolute Gasteiger partial charge is 0.323 e. The van der Waals surface area contributed by atoms with Crippen molar-refractivity contribution in [3.63, 3.8) is 0 Å². The van der Waals surface area contributed by atoms with Gasteiger partial charge in [-0.2, -0.15) is 0 Å². The lowest BCUT2D eigenvalue weighted by molar-refractivity contribution is -0.130. The average Bonchev–Trinajstić information content (AvgIpc) is 2.90. The van der Waals surface area contributed by atoms with E-state index in [0.717, 1.165) is 12.3 Å². The highest BCUT2D eigenvalue weighted by atomic mass is 16.2. The molecule has 0 radical (unpaired) electrons. The van der Waals surface area contributed by atoms with Crippen molar-refractivity contribution >= 4 is 5.91 Å². The smallest absolute Gasteiger partial charge is 0.240 e. The van der Waals surface area contributed by atoms with Crippen LogP contribution in [-0.2, 0) is 4.79 Å². The molecular formula is C12H22N2O. The maximum Gasteiger partial charge on any atom is 0.240 e. The first-order valence-electron chi connectivity index (χ1n) is 6.27. The Bertz CT molecular complexity index is 254. The predicted octanol–water partition coefficient (Wildman–Crippen LogP) is 1.73. The van der Waals surface area contributed by atoms with Crippen LogP contribution in [0, 0.1) is 5.92 Å². The Morgan fingerprint density at radius 2 is 2.20 bits per heavy atom. The minimum atomic E-state index is 0.0258. The van der Waals surface area contributed by atoms with Crippen molar-refractivity contribution in [3.05, 3.63) is 0 Å². The Balaban J connectivity index is 1.98. The van der Waals surface area contributed by atoms with Gasteiger partial charge in [0.15, 0.2) is 0 Å². The van der Waals surface area contributed by atoms with Crippen LogP contribution < -0.4 is 5.32 Å². The van der Waals surface area contributed by atoms with Crippen LogP contribution in [0.4, 0.5) is 0 Å². The lowest BCUT2D eigenvalue weighted by Gasteiger charge is -2.23. The Hall–Kier alpha value is -0.570. The molecule has 1 saturated heterocycles. The highest BCUT2D eigenvalue weighted by Crippen LogP contribution is 2.41. The summed E-state index contributed by atoms with van der Waals surface area (Å²) in [4.78, 5) is 14.1. The Morgan fingerprint density at radius 3 is 2.80 bits per heavy atom. The maximum absolute atomic E-state index is 12.0. The molecule has 1 amide bonds. The molecule has 0 spiro atoms. The van der Waals surface area contributed by atoms with E-state index in [1.54, 1.807) is 0 Å². The number of hydrogen-bond donors (Lipinski definition) is 1. The van der Waals surface area contributed by atoms with Gasteiger partial charge >= 0.3 is 0 Å². The molecule has 2 rings (SSSR count). The lowest BCUT2D eigenvalue weighted by atomic mass is 10.2. The zero-order chi connectivity index (χ0) is 11.0. The fraction of sp³-hybridized carbons (Fsp3) is 0.917. The second-order valence-corrected chi connectivity index (χ2v) is 4.91. The van der Waals surface area contributed by atoms with Gasteiger partial charge in [0, 0.05) is 6.04 Å². The number of nitrogens with one attached hydrogen (secondary N) is 1. The molecule has 3 nitrogen and oxygen atoms in total. The first kappa shape index (κ1) is 10.9. The molecule has 0 aromatic heterocycles. The zero-order valence-corrected chi connectivity index (χ0v) is 9.99. The van der Waals surface area contributed by atoms with E-state index in [4.69, 9.17) is 0 Å². The average molecular weight is 210 g/mol. The summed E-state index contributed by atoms with van der Waals surface area (Å²) >= 11 is 0. The van der Waals surface area contributed by atoms with Gasteiger partial charge in [0.1, 0.15) is 0 Å². The quantitative estimate of drug-likeness (QED) is 0.766. The fourth-order valence-electron chi connectivity index (χ4n) is 2.78. The molecule has 3 heteroatoms. The van der Waals surface area contributed by atoms with E-state index in [1.807, 2.05) is 6.92 Å². The summed E-state index contributed by atoms with van der Waals surface area (Å²) in [5.41, 5.74) is 0. The fourth-order valence-corrected chi connectivity index (χ4v) is 2.78. The number of hydrogen-bond acceptors (Lipinski definition) is 2. The first-order valence-corrected chi connectivity index (χ1v) is 6.27. The number of carbonyl (C=O) groups excluding carboxylic acids is 1. The molecule has 0 aromatic rings. The zero-order valence-electron chi connectivity index (χ0n) is 9.99. The van der Waals surface area contributed by atoms with Gasteiger partial charge in [0.25, 0.3) is 0 Å². The van der Waals surface area contributed by atoms with Crippen molar-refractivity contribution in [2.45, 2.75) is 64.7 Å². The van der Waals surface area contributed by atoms with Crippen molar-refractivity contribution in [1.82, 2.24) is 10.2 Å². The molecule has 0 aromatic carbocycles. The molecule has 15 heavy (non-hydrogen) atoms. The Labute approximate surface area is 92.2 Å². The van der Waals surface area contributed by atoms with Crippen LogP contribution in [0.15, 0.2) is 0 Å². The third kappa shape index (κ3) is 1.89. The van der Waals surface area contributed by atoms with E-state index in [2.05, 4.69) is 24.1 Å². The van der Waals surface area contributed by atoms with Crippen LogP contribution in [0.1, 0.15) is 46.5 Å². The highest BCUT2D eigenvalue weighted by molar-refractivity contribution is 5.84. The van der Waals surface area contributed by atoms with Crippen molar-refractivity contribution in [3.8, 4) is 0 Å². The van der Waals surface area contributed by atoms with E-state index in [1.165, 1.54) is 19.3 Å². The molecule has 1 aliphatic heterocycles. The molecule has 2 aliphatic rings. The number of nitrogens with zero attached hydrogens (tertiary/aromatic N) is 1. The van der Waals surface area contributed by atoms with Gasteiger partial charge < -0.3 is 4.90 Å². The number of amides is 1. The van der Waals surface area contributed by atoms with Gasteiger partial charge in [-0.25, -0.2) is 0 Å². The topological polar surface area (TPSA) is 32.3 Å². The van der Waals surface area contributed by atoms with Crippen molar-refractivity contribution in [2.24, 2.45) is 5.92 Å². The van der Waals surface area contributed by atoms with Crippen LogP contribution in [0.3, 0.4) is 0 Å². The minimum Gasteiger partial charge on any atom is -0.323 e. The van der Waals surface area contributed by atoms with Crippen LogP contribution in [0.25, 0.3) is 0 Å². The van der Waals surface area contributed by atoms with E-state index in [9.17, 15) is 4.79 Å². The number of carbonyl (C=O) groups is 1. The first-order chi connectivity index (χ1) is 7.19. The van der Waals surface area contributed by atoms with E-state index >= 15 is 0 Å². The van der Waals surface area contributed by atoms with E-state index in [-0.39, 0.29) is 6.04 Å². The van der Waals surface area contributed by atoms with Crippen LogP contribution in [-0.4, -0.2) is 29.1 Å². The van der Waals surface area contributed by atoms with E-state index in [0.29, 0.717) is 18.1 Å². The third-order valence-corrected chi connectivity index (χ3v) is 3.69. The molecule has 1 heterocycles. The van der Waals surface area contributed by atoms with Crippen LogP contribution in [0.5, 0.6) is 0 Å². The molecule has 86 valence electrons. The lowest BCUT2D eigenvalue weighted by Crippen LogP contribution is -2.39. The summed E-state index contributed by atoms with van der Waals surface area (Å²) in [5.74, 6) is 1.09. The monoisotopic (exact) mass is 210 g/mol. The number of rotatable bonds is 4. The second kappa shape index (κ2) is 4.12. The summed E-state index contributed by atoms with van der Waals surface area (Å²) < 4.78 is 0. The molecule has 0 bridgehead atoms. The maximum atomic E-state index is 12.0. The second-order valence-electron chi connectivity index (χ2n) is 4.91. The summed E-state index contributed by atoms with van der Waals surface area (Å²) in [6, 6.07) is 0.567. The minimum absolute atomic E-state index is 0.0258. The molecule has 1 aliphatic carbocycles. The molecule has 1 saturated carbocycles. The third-order valence-electron chi connectivity index (χ3n) is 3.69. The summed E-state index contributed by atoms with van der Waals surface area (Å²) in [5, 5.41) is 3.36. The van der Waals surface area contributed by atoms with Gasteiger partial charge in [-0.1, -0.05) is 20.3 Å². The summed E-state index contributed by atoms with van der Waals surface area (Å²) in [6.45, 7) is 6.34. The molecule has 4 atom stereocenters. The highest BCUT2D eigenvalue weighted by Gasteiger charge is 2.49. The van der Waals surface area contributed by atoms with Crippen LogP contribution >= 0.6 is 0 Å². The molecule has 1 N–H and O–H groups in total. The van der Waals surface area contributed by atoms with Gasteiger partial charge in [-0.05, 0) is 32.1 Å². The van der Waals surface area contributed by atoms with E-state index < -0.39 is 0 Å². The Morgan fingerprint density at radius 1 is 1.47 bits per heavy atom. The van der Waals surface area contributed by atoms with Crippen molar-refractivity contribution in [1.29, 1.82) is 0 Å². The molecule has 2 fully saturated rings. The van der Waals surface area contributed by atoms with Gasteiger partial charge in [0.05, 0.1) is 12.2 Å². The van der Waals surface area contributed by atoms with Gasteiger partial charge in [-0.15, -0.1) is 0 Å². The molecular weight excluding hydrogens is 188 g/mol. The van der Waals surface area contributed by atoms with Crippen molar-refractivity contribution in [2.75, 3.05) is 0 Å². The van der Waals surface area contributed by atoms with Gasteiger partial charge in [0.2, 0.25) is 5.91 Å². The van der Waals surface area contributed by atoms with Crippen molar-refractivity contribution < 1.29 is 4.79 Å². The molecule has 4 unspecified atom stereocenters. The summed E-state index contributed by atoms with van der Waals surface area (Å²) in [6.07, 6.45) is 5.05. The van der Waals surface area contributed by atoms with Crippen LogP contribution in [0.2, 0.25) is 0 Å². The Kier molecular flexibility index (Phi) is 3.01. The SMILES string of the molecule is CCCC1CC1N1C(=O)C(C)NC1CC. The van der Waals surface area contributed by atoms with Gasteiger partial charge in [-0.3, -0.25) is 10.1 Å². The standard InChI is InChI=1S/C12H22N2O/c1-4-6-9-7-10(9)14-11(5-2)13-8(3)12(14)15/h8-11,13H,4-7H2,1-3H3. The normalized spacial score (nSPS) is 39.9. The summed E-state index contributed by atoms with van der Waals surface area (Å²) in [7, 11) is 0. The predicted molar refractivity (Wildman–Crippen MR) is 60.3 cm³/mol.